The van der Waals surface area contributed by atoms with Gasteiger partial charge in [0.2, 0.25) is 0 Å². The zero-order chi connectivity index (χ0) is 21.7. The van der Waals surface area contributed by atoms with Crippen molar-refractivity contribution in [3.63, 3.8) is 0 Å². The van der Waals surface area contributed by atoms with Gasteiger partial charge in [-0.25, -0.2) is 4.39 Å². The Morgan fingerprint density at radius 2 is 1.57 bits per heavy atom. The zero-order valence-electron chi connectivity index (χ0n) is 19.0. The lowest BCUT2D eigenvalue weighted by atomic mass is 10.0. The van der Waals surface area contributed by atoms with E-state index in [1.807, 2.05) is 50.2 Å². The van der Waals surface area contributed by atoms with E-state index < -0.39 is 0 Å². The van der Waals surface area contributed by atoms with Gasteiger partial charge < -0.3 is 9.47 Å². The Kier molecular flexibility index (Phi) is 7.37. The smallest absolute Gasteiger partial charge is 0.130 e. The molecule has 0 radical (unpaired) electrons. The molecule has 1 heterocycles. The molecule has 30 heavy (non-hydrogen) atoms. The van der Waals surface area contributed by atoms with Crippen LogP contribution in [-0.4, -0.2) is 47.6 Å². The predicted octanol–water partition coefficient (Wildman–Crippen LogP) is 5.11. The summed E-state index contributed by atoms with van der Waals surface area (Å²) >= 11 is 0. The summed E-state index contributed by atoms with van der Waals surface area (Å²) in [5, 5.41) is 0. The van der Waals surface area contributed by atoms with Gasteiger partial charge in [-0.2, -0.15) is 0 Å². The van der Waals surface area contributed by atoms with Crippen molar-refractivity contribution in [3.8, 4) is 11.5 Å². The topological polar surface area (TPSA) is 24.9 Å². The molecule has 164 valence electrons. The van der Waals surface area contributed by atoms with E-state index in [0.717, 1.165) is 44.0 Å². The fourth-order valence-electron chi connectivity index (χ4n) is 3.69. The van der Waals surface area contributed by atoms with Gasteiger partial charge >= 0.3 is 0 Å². The molecular formula is C25H35FN2O2. The van der Waals surface area contributed by atoms with Gasteiger partial charge in [0.05, 0.1) is 6.10 Å². The number of ether oxygens (including phenoxy) is 2. The Morgan fingerprint density at radius 3 is 2.13 bits per heavy atom. The van der Waals surface area contributed by atoms with Crippen molar-refractivity contribution in [1.82, 2.24) is 9.80 Å². The van der Waals surface area contributed by atoms with Gasteiger partial charge in [-0.15, -0.1) is 0 Å². The van der Waals surface area contributed by atoms with Crippen LogP contribution in [0.15, 0.2) is 42.5 Å². The highest BCUT2D eigenvalue weighted by Crippen LogP contribution is 2.21. The molecule has 4 nitrogen and oxygen atoms in total. The number of benzene rings is 2. The van der Waals surface area contributed by atoms with E-state index in [9.17, 15) is 4.39 Å². The molecule has 0 saturated carbocycles. The number of rotatable bonds is 7. The average molecular weight is 415 g/mol. The van der Waals surface area contributed by atoms with Crippen LogP contribution in [0.5, 0.6) is 11.5 Å². The van der Waals surface area contributed by atoms with Gasteiger partial charge in [-0.05, 0) is 70.5 Å². The molecule has 0 atom stereocenters. The molecule has 0 unspecified atom stereocenters. The fraction of sp³-hybridized carbons (Fsp3) is 0.520. The van der Waals surface area contributed by atoms with Crippen molar-refractivity contribution in [1.29, 1.82) is 0 Å². The third kappa shape index (κ3) is 6.44. The molecule has 5 heteroatoms. The summed E-state index contributed by atoms with van der Waals surface area (Å²) in [7, 11) is 0. The highest BCUT2D eigenvalue weighted by molar-refractivity contribution is 5.32. The van der Waals surface area contributed by atoms with Crippen LogP contribution in [-0.2, 0) is 13.2 Å². The summed E-state index contributed by atoms with van der Waals surface area (Å²) in [6, 6.07) is 12.9. The zero-order valence-corrected chi connectivity index (χ0v) is 19.0. The third-order valence-electron chi connectivity index (χ3n) is 5.43. The van der Waals surface area contributed by atoms with Gasteiger partial charge in [0, 0.05) is 43.8 Å². The number of hydrogen-bond acceptors (Lipinski definition) is 4. The lowest BCUT2D eigenvalue weighted by Crippen LogP contribution is -2.53. The summed E-state index contributed by atoms with van der Waals surface area (Å²) in [4.78, 5) is 4.90. The number of hydrogen-bond donors (Lipinski definition) is 0. The summed E-state index contributed by atoms with van der Waals surface area (Å²) in [6.45, 7) is 15.9. The van der Waals surface area contributed by atoms with Crippen molar-refractivity contribution in [2.24, 2.45) is 0 Å². The van der Waals surface area contributed by atoms with Crippen LogP contribution >= 0.6 is 0 Å². The summed E-state index contributed by atoms with van der Waals surface area (Å²) < 4.78 is 26.0. The molecule has 1 aliphatic heterocycles. The maximum absolute atomic E-state index is 14.6. The van der Waals surface area contributed by atoms with Gasteiger partial charge in [0.15, 0.2) is 0 Å². The van der Waals surface area contributed by atoms with Crippen molar-refractivity contribution < 1.29 is 13.9 Å². The second kappa shape index (κ2) is 9.80. The molecule has 2 aromatic carbocycles. The van der Waals surface area contributed by atoms with Gasteiger partial charge in [-0.1, -0.05) is 12.1 Å². The molecule has 0 aliphatic carbocycles. The molecule has 0 N–H and O–H groups in total. The first kappa shape index (κ1) is 22.6. The van der Waals surface area contributed by atoms with Crippen LogP contribution in [0.1, 0.15) is 45.7 Å². The summed E-state index contributed by atoms with van der Waals surface area (Å²) in [5.41, 5.74) is 1.79. The molecule has 1 aliphatic rings. The standard InChI is InChI=1S/C25H35FN2O2/c1-19(2)30-23-10-8-22(9-11-23)29-18-21-7-6-20(16-24(21)26)17-27-12-14-28(15-13-27)25(3,4)5/h6-11,16,19H,12-15,17-18H2,1-5H3. The molecular weight excluding hydrogens is 379 g/mol. The monoisotopic (exact) mass is 414 g/mol. The van der Waals surface area contributed by atoms with E-state index in [1.54, 1.807) is 6.07 Å². The quantitative estimate of drug-likeness (QED) is 0.629. The minimum Gasteiger partial charge on any atom is -0.491 e. The Labute approximate surface area is 180 Å². The van der Waals surface area contributed by atoms with Crippen LogP contribution in [0.25, 0.3) is 0 Å². The van der Waals surface area contributed by atoms with Crippen molar-refractivity contribution in [2.45, 2.75) is 59.4 Å². The molecule has 1 fully saturated rings. The van der Waals surface area contributed by atoms with E-state index in [-0.39, 0.29) is 24.1 Å². The average Bonchev–Trinajstić information content (AvgIpc) is 2.68. The maximum Gasteiger partial charge on any atom is 0.130 e. The molecule has 3 rings (SSSR count). The van der Waals surface area contributed by atoms with E-state index in [4.69, 9.17) is 9.47 Å². The number of halogens is 1. The molecule has 0 spiro atoms. The molecule has 0 aromatic heterocycles. The molecule has 1 saturated heterocycles. The van der Waals surface area contributed by atoms with Crippen LogP contribution in [0, 0.1) is 5.82 Å². The van der Waals surface area contributed by atoms with Crippen molar-refractivity contribution in [3.05, 3.63) is 59.4 Å². The Morgan fingerprint density at radius 1 is 0.933 bits per heavy atom. The molecule has 2 aromatic rings. The highest BCUT2D eigenvalue weighted by Gasteiger charge is 2.25. The predicted molar refractivity (Wildman–Crippen MR) is 120 cm³/mol. The van der Waals surface area contributed by atoms with Gasteiger partial charge in [-0.3, -0.25) is 9.80 Å². The first-order valence-electron chi connectivity index (χ1n) is 10.8. The summed E-state index contributed by atoms with van der Waals surface area (Å²) in [5.74, 6) is 1.29. The SMILES string of the molecule is CC(C)Oc1ccc(OCc2ccc(CN3CCN(C(C)(C)C)CC3)cc2F)cc1. The normalized spacial score (nSPS) is 16.1. The minimum absolute atomic E-state index is 0.131. The van der Waals surface area contributed by atoms with Crippen molar-refractivity contribution in [2.75, 3.05) is 26.2 Å². The Bertz CT molecular complexity index is 807. The van der Waals surface area contributed by atoms with Gasteiger partial charge in [0.1, 0.15) is 23.9 Å². The first-order chi connectivity index (χ1) is 14.2. The Hall–Kier alpha value is -2.11. The second-order valence-corrected chi connectivity index (χ2v) is 9.29. The fourth-order valence-corrected chi connectivity index (χ4v) is 3.69. The lowest BCUT2D eigenvalue weighted by molar-refractivity contribution is 0.0590. The maximum atomic E-state index is 14.6. The largest absolute Gasteiger partial charge is 0.491 e. The van der Waals surface area contributed by atoms with E-state index >= 15 is 0 Å². The van der Waals surface area contributed by atoms with Gasteiger partial charge in [0.25, 0.3) is 0 Å². The van der Waals surface area contributed by atoms with Crippen LogP contribution in [0.2, 0.25) is 0 Å². The van der Waals surface area contributed by atoms with Crippen LogP contribution in [0.3, 0.4) is 0 Å². The van der Waals surface area contributed by atoms with Crippen molar-refractivity contribution >= 4 is 0 Å². The first-order valence-corrected chi connectivity index (χ1v) is 10.8. The van der Waals surface area contributed by atoms with E-state index in [0.29, 0.717) is 11.3 Å². The van der Waals surface area contributed by atoms with Crippen LogP contribution < -0.4 is 9.47 Å². The Balaban J connectivity index is 1.50. The number of piperazine rings is 1. The minimum atomic E-state index is -0.208. The third-order valence-corrected chi connectivity index (χ3v) is 5.43. The molecule has 0 bridgehead atoms. The van der Waals surface area contributed by atoms with E-state index in [2.05, 4.69) is 30.6 Å². The van der Waals surface area contributed by atoms with E-state index in [1.165, 1.54) is 0 Å². The van der Waals surface area contributed by atoms with Crippen LogP contribution in [0.4, 0.5) is 4.39 Å². The molecule has 0 amide bonds. The second-order valence-electron chi connectivity index (χ2n) is 9.29. The summed E-state index contributed by atoms with van der Waals surface area (Å²) in [6.07, 6.45) is 0.131. The number of nitrogens with zero attached hydrogens (tertiary/aromatic N) is 2. The highest BCUT2D eigenvalue weighted by atomic mass is 19.1. The lowest BCUT2D eigenvalue weighted by Gasteiger charge is -2.42.